The van der Waals surface area contributed by atoms with Gasteiger partial charge in [0.15, 0.2) is 0 Å². The van der Waals surface area contributed by atoms with Crippen LogP contribution in [0.15, 0.2) is 12.2 Å². The number of nitrogens with two attached hydrogens (primary N) is 1. The summed E-state index contributed by atoms with van der Waals surface area (Å²) in [5.74, 6) is -1.53. The number of imide groups is 1. The molecule has 13 heteroatoms. The Morgan fingerprint density at radius 1 is 1.23 bits per heavy atom. The van der Waals surface area contributed by atoms with Crippen LogP contribution in [0, 0.1) is 11.8 Å². The fourth-order valence-corrected chi connectivity index (χ4v) is 2.79. The fraction of sp³-hybridized carbons (Fsp3) is 0.636. The van der Waals surface area contributed by atoms with E-state index in [0.717, 1.165) is 4.90 Å². The van der Waals surface area contributed by atoms with Crippen LogP contribution in [0.2, 0.25) is 0 Å². The van der Waals surface area contributed by atoms with E-state index < -0.39 is 24.0 Å². The third-order valence-corrected chi connectivity index (χ3v) is 4.44. The summed E-state index contributed by atoms with van der Waals surface area (Å²) < 4.78 is 0.468. The van der Waals surface area contributed by atoms with Crippen molar-refractivity contribution in [3.63, 3.8) is 0 Å². The number of amides is 4. The SMILES string of the molecule is C=C(C)C.CC(C)CNC(=O)[C@@H](C)CC(=O)O.N[C](=[Pd])NCCCC1NC(=O)N(CC(=O)P)C1=O. The van der Waals surface area contributed by atoms with Crippen LogP contribution < -0.4 is 21.7 Å². The van der Waals surface area contributed by atoms with E-state index >= 15 is 0 Å². The Kier molecular flexibility index (Phi) is 19.6. The molecule has 204 valence electrons. The molecule has 0 spiro atoms. The van der Waals surface area contributed by atoms with Gasteiger partial charge in [0.25, 0.3) is 0 Å². The average Bonchev–Trinajstić information content (AvgIpc) is 2.96. The van der Waals surface area contributed by atoms with Gasteiger partial charge in [0.1, 0.15) is 0 Å². The predicted molar refractivity (Wildman–Crippen MR) is 135 cm³/mol. The van der Waals surface area contributed by atoms with Gasteiger partial charge in [-0.15, -0.1) is 6.58 Å². The molecule has 1 heterocycles. The van der Waals surface area contributed by atoms with Crippen LogP contribution in [0.1, 0.15) is 53.9 Å². The van der Waals surface area contributed by atoms with Crippen LogP contribution in [0.25, 0.3) is 0 Å². The molecule has 11 nitrogen and oxygen atoms in total. The molecular formula is C22H40N5O6PPd. The van der Waals surface area contributed by atoms with Crippen LogP contribution in [-0.2, 0) is 37.9 Å². The number of hydrogen-bond donors (Lipinski definition) is 5. The van der Waals surface area contributed by atoms with E-state index in [-0.39, 0.29) is 30.3 Å². The van der Waals surface area contributed by atoms with Crippen molar-refractivity contribution >= 4 is 42.8 Å². The number of urea groups is 1. The van der Waals surface area contributed by atoms with Crippen molar-refractivity contribution in [1.29, 1.82) is 0 Å². The minimum atomic E-state index is -0.938. The summed E-state index contributed by atoms with van der Waals surface area (Å²) in [5, 5.41) is 16.5. The van der Waals surface area contributed by atoms with Gasteiger partial charge < -0.3 is 10.4 Å². The van der Waals surface area contributed by atoms with Crippen molar-refractivity contribution in [2.75, 3.05) is 19.6 Å². The van der Waals surface area contributed by atoms with Gasteiger partial charge in [-0.1, -0.05) is 26.3 Å². The number of aliphatic carboxylic acids is 1. The Hall–Kier alpha value is -1.83. The van der Waals surface area contributed by atoms with Gasteiger partial charge >= 0.3 is 123 Å². The van der Waals surface area contributed by atoms with Crippen molar-refractivity contribution in [3.8, 4) is 0 Å². The fourth-order valence-electron chi connectivity index (χ4n) is 2.42. The molecule has 3 atom stereocenters. The van der Waals surface area contributed by atoms with E-state index in [0.29, 0.717) is 36.1 Å². The van der Waals surface area contributed by atoms with Gasteiger partial charge in [0, 0.05) is 12.5 Å². The van der Waals surface area contributed by atoms with Crippen molar-refractivity contribution in [2.45, 2.75) is 59.9 Å². The second-order valence-electron chi connectivity index (χ2n) is 8.62. The molecule has 0 radical (unpaired) electrons. The summed E-state index contributed by atoms with van der Waals surface area (Å²) in [6.07, 6.45) is 1.07. The predicted octanol–water partition coefficient (Wildman–Crippen LogP) is 0.723. The molecule has 6 N–H and O–H groups in total. The maximum atomic E-state index is 11.8. The Morgan fingerprint density at radius 2 is 1.77 bits per heavy atom. The third-order valence-electron chi connectivity index (χ3n) is 3.99. The second-order valence-corrected chi connectivity index (χ2v) is 10.1. The molecule has 4 amide bonds. The van der Waals surface area contributed by atoms with Crippen molar-refractivity contribution in [3.05, 3.63) is 12.2 Å². The molecule has 0 saturated carbocycles. The number of carbonyl (C=O) groups is 5. The first-order chi connectivity index (χ1) is 16.1. The minimum absolute atomic E-state index is 0.107. The zero-order valence-electron chi connectivity index (χ0n) is 21.1. The van der Waals surface area contributed by atoms with Gasteiger partial charge in [-0.05, 0) is 19.8 Å². The first-order valence-corrected chi connectivity index (χ1v) is 12.4. The molecule has 2 unspecified atom stereocenters. The maximum absolute atomic E-state index is 11.8. The van der Waals surface area contributed by atoms with Crippen LogP contribution in [0.3, 0.4) is 0 Å². The molecule has 0 bridgehead atoms. The average molecular weight is 608 g/mol. The molecule has 35 heavy (non-hydrogen) atoms. The van der Waals surface area contributed by atoms with Gasteiger partial charge in [-0.3, -0.25) is 9.59 Å². The molecule has 1 fully saturated rings. The van der Waals surface area contributed by atoms with Crippen LogP contribution in [0.4, 0.5) is 4.79 Å². The van der Waals surface area contributed by atoms with Gasteiger partial charge in [-0.2, -0.15) is 0 Å². The number of carboxylic acid groups (broad SMARTS) is 1. The van der Waals surface area contributed by atoms with Crippen molar-refractivity contribution in [1.82, 2.24) is 20.9 Å². The zero-order valence-corrected chi connectivity index (χ0v) is 23.8. The van der Waals surface area contributed by atoms with E-state index in [1.165, 1.54) is 5.57 Å². The van der Waals surface area contributed by atoms with E-state index in [2.05, 4.69) is 41.3 Å². The molecule has 0 aliphatic carbocycles. The summed E-state index contributed by atoms with van der Waals surface area (Å²) in [4.78, 5) is 56.6. The van der Waals surface area contributed by atoms with Crippen LogP contribution in [-0.4, -0.2) is 69.3 Å². The zero-order chi connectivity index (χ0) is 27.7. The Balaban J connectivity index is 0. The van der Waals surface area contributed by atoms with Gasteiger partial charge in [0.05, 0.1) is 6.42 Å². The van der Waals surface area contributed by atoms with E-state index in [1.807, 2.05) is 36.9 Å². The molecule has 1 saturated heterocycles. The normalized spacial score (nSPS) is 15.3. The second kappa shape index (κ2) is 19.4. The molecule has 0 aromatic heterocycles. The number of hydrogen-bond acceptors (Lipinski definition) is 7. The summed E-state index contributed by atoms with van der Waals surface area (Å²) in [6.45, 7) is 14.1. The summed E-state index contributed by atoms with van der Waals surface area (Å²) in [5.41, 5.74) is 6.23. The number of carboxylic acids is 1. The molecule has 0 aromatic rings. The quantitative estimate of drug-likeness (QED) is 0.0710. The van der Waals surface area contributed by atoms with E-state index in [4.69, 9.17) is 10.8 Å². The molecule has 1 rings (SSSR count). The van der Waals surface area contributed by atoms with Crippen molar-refractivity contribution < 1.29 is 47.8 Å². The first kappa shape index (κ1) is 35.3. The Bertz CT molecular complexity index is 773. The third kappa shape index (κ3) is 20.1. The van der Waals surface area contributed by atoms with E-state index in [9.17, 15) is 24.0 Å². The van der Waals surface area contributed by atoms with E-state index in [1.54, 1.807) is 6.92 Å². The molecule has 1 aliphatic rings. The number of nitrogens with zero attached hydrogens (tertiary/aromatic N) is 1. The Labute approximate surface area is 220 Å². The monoisotopic (exact) mass is 607 g/mol. The summed E-state index contributed by atoms with van der Waals surface area (Å²) >= 11 is 2.78. The number of nitrogens with one attached hydrogen (secondary N) is 3. The number of carbonyl (C=O) groups excluding carboxylic acids is 4. The summed E-state index contributed by atoms with van der Waals surface area (Å²) in [7, 11) is 1.94. The van der Waals surface area contributed by atoms with Crippen LogP contribution in [0.5, 0.6) is 0 Å². The number of rotatable bonds is 12. The topological polar surface area (TPSA) is 171 Å². The number of allylic oxidation sites excluding steroid dienone is 1. The summed E-state index contributed by atoms with van der Waals surface area (Å²) in [6, 6.07) is -1.06. The Morgan fingerprint density at radius 3 is 2.20 bits per heavy atom. The molecule has 0 aromatic carbocycles. The standard InChI is InChI=1S/C9H15N4O3P.C9H17NO3.C4H8.Pd/c10-5-11-3-1-2-6-8(15)13(4-7(14)17)9(16)12-6;1-6(2)5-10-9(13)7(3)4-8(11)12;1-4(2)3;/h6,11H,1-4,10,17H2,(H,12,16);6-7H,4-5H2,1-3H3,(H,10,13)(H,11,12);1H2,2-3H3;/t;7-;;/m.0../s1. The molecular weight excluding hydrogens is 568 g/mol. The van der Waals surface area contributed by atoms with Gasteiger partial charge in [0.2, 0.25) is 5.91 Å². The van der Waals surface area contributed by atoms with Gasteiger partial charge in [-0.25, -0.2) is 0 Å². The molecule has 1 aliphatic heterocycles. The van der Waals surface area contributed by atoms with Crippen molar-refractivity contribution in [2.24, 2.45) is 17.6 Å². The first-order valence-electron chi connectivity index (χ1n) is 11.1. The van der Waals surface area contributed by atoms with Crippen LogP contribution >= 0.6 is 9.24 Å².